The van der Waals surface area contributed by atoms with E-state index in [2.05, 4.69) is 42.4 Å². The van der Waals surface area contributed by atoms with Gasteiger partial charge in [-0.2, -0.15) is 15.1 Å². The first-order valence-corrected chi connectivity index (χ1v) is 9.65. The number of benzene rings is 1. The Labute approximate surface area is 162 Å². The third-order valence-electron chi connectivity index (χ3n) is 5.00. The number of imidazole rings is 1. The van der Waals surface area contributed by atoms with E-state index >= 15 is 0 Å². The fourth-order valence-corrected chi connectivity index (χ4v) is 3.57. The lowest BCUT2D eigenvalue weighted by Crippen LogP contribution is -2.31. The van der Waals surface area contributed by atoms with E-state index in [0.29, 0.717) is 5.65 Å². The van der Waals surface area contributed by atoms with Crippen LogP contribution in [0.1, 0.15) is 24.8 Å². The van der Waals surface area contributed by atoms with E-state index in [1.54, 1.807) is 6.33 Å². The number of H-pyrrole nitrogens is 1. The lowest BCUT2D eigenvalue weighted by atomic mass is 10.1. The fourth-order valence-electron chi connectivity index (χ4n) is 3.57. The van der Waals surface area contributed by atoms with E-state index in [1.807, 2.05) is 35.3 Å². The molecule has 1 aliphatic rings. The van der Waals surface area contributed by atoms with Gasteiger partial charge in [0.2, 0.25) is 5.95 Å². The molecule has 2 N–H and O–H groups in total. The van der Waals surface area contributed by atoms with Gasteiger partial charge < -0.3 is 15.2 Å². The molecule has 3 aromatic heterocycles. The van der Waals surface area contributed by atoms with E-state index < -0.39 is 0 Å². The van der Waals surface area contributed by atoms with Crippen molar-refractivity contribution in [3.63, 3.8) is 0 Å². The standard InChI is InChI=1S/C20H22N8/c1-3-7-15(8-4-1)12-28-13-16(11-23-28)24-19-17-18(22-14-21-17)25-20(26-19)27-9-5-2-6-10-27/h1,3-4,7-8,11,13-14H,2,5-6,9-10,12H2,(H2,21,22,24,25,26). The highest BCUT2D eigenvalue weighted by Crippen LogP contribution is 2.25. The number of nitrogens with one attached hydrogen (secondary N) is 2. The fraction of sp³-hybridized carbons (Fsp3) is 0.300. The van der Waals surface area contributed by atoms with Crippen molar-refractivity contribution in [2.24, 2.45) is 0 Å². The van der Waals surface area contributed by atoms with Crippen LogP contribution in [0.5, 0.6) is 0 Å². The van der Waals surface area contributed by atoms with Crippen molar-refractivity contribution in [1.29, 1.82) is 0 Å². The Hall–Kier alpha value is -3.42. The zero-order chi connectivity index (χ0) is 18.8. The predicted molar refractivity (Wildman–Crippen MR) is 109 cm³/mol. The van der Waals surface area contributed by atoms with Gasteiger partial charge in [0.05, 0.1) is 24.8 Å². The maximum atomic E-state index is 4.78. The normalized spacial score (nSPS) is 14.5. The molecule has 0 radical (unpaired) electrons. The van der Waals surface area contributed by atoms with Crippen LogP contribution in [0.3, 0.4) is 0 Å². The molecule has 0 amide bonds. The predicted octanol–water partition coefficient (Wildman–Crippen LogP) is 3.33. The van der Waals surface area contributed by atoms with Gasteiger partial charge in [-0.25, -0.2) is 4.98 Å². The highest BCUT2D eigenvalue weighted by molar-refractivity contribution is 5.86. The average Bonchev–Trinajstić information content (AvgIpc) is 3.39. The first-order chi connectivity index (χ1) is 13.8. The third-order valence-corrected chi connectivity index (χ3v) is 5.00. The molecule has 28 heavy (non-hydrogen) atoms. The second kappa shape index (κ2) is 7.30. The SMILES string of the molecule is c1ccc(Cn2cc(Nc3nc(N4CCCCC4)nc4nc[nH]c34)cn2)cc1. The van der Waals surface area contributed by atoms with E-state index in [0.717, 1.165) is 42.6 Å². The van der Waals surface area contributed by atoms with Crippen molar-refractivity contribution in [1.82, 2.24) is 29.7 Å². The van der Waals surface area contributed by atoms with Gasteiger partial charge >= 0.3 is 0 Å². The molecule has 0 saturated carbocycles. The van der Waals surface area contributed by atoms with Crippen molar-refractivity contribution in [3.8, 4) is 0 Å². The largest absolute Gasteiger partial charge is 0.341 e. The number of aromatic amines is 1. The molecular formula is C20H22N8. The summed E-state index contributed by atoms with van der Waals surface area (Å²) in [5.74, 6) is 1.46. The Bertz CT molecular complexity index is 1060. The second-order valence-corrected chi connectivity index (χ2v) is 7.06. The molecule has 0 spiro atoms. The number of hydrogen-bond donors (Lipinski definition) is 2. The van der Waals surface area contributed by atoms with Gasteiger partial charge in [0, 0.05) is 19.3 Å². The molecule has 1 aromatic carbocycles. The molecule has 1 fully saturated rings. The topological polar surface area (TPSA) is 87.5 Å². The van der Waals surface area contributed by atoms with Crippen molar-refractivity contribution >= 4 is 28.6 Å². The van der Waals surface area contributed by atoms with Crippen LogP contribution < -0.4 is 10.2 Å². The highest BCUT2D eigenvalue weighted by Gasteiger charge is 2.17. The molecule has 0 bridgehead atoms. The number of fused-ring (bicyclic) bond motifs is 1. The summed E-state index contributed by atoms with van der Waals surface area (Å²) < 4.78 is 1.91. The molecule has 4 heterocycles. The Morgan fingerprint density at radius 3 is 2.75 bits per heavy atom. The average molecular weight is 374 g/mol. The van der Waals surface area contributed by atoms with Crippen LogP contribution in [-0.4, -0.2) is 42.8 Å². The van der Waals surface area contributed by atoms with Gasteiger partial charge in [-0.05, 0) is 24.8 Å². The summed E-state index contributed by atoms with van der Waals surface area (Å²) in [4.78, 5) is 19.1. The van der Waals surface area contributed by atoms with Crippen molar-refractivity contribution < 1.29 is 0 Å². The number of hydrogen-bond acceptors (Lipinski definition) is 6. The summed E-state index contributed by atoms with van der Waals surface area (Å²) in [5.41, 5.74) is 3.57. The first-order valence-electron chi connectivity index (χ1n) is 9.65. The molecule has 142 valence electrons. The number of piperidine rings is 1. The Morgan fingerprint density at radius 2 is 1.89 bits per heavy atom. The van der Waals surface area contributed by atoms with Crippen molar-refractivity contribution in [2.45, 2.75) is 25.8 Å². The summed E-state index contributed by atoms with van der Waals surface area (Å²) >= 11 is 0. The van der Waals surface area contributed by atoms with Gasteiger partial charge in [-0.15, -0.1) is 0 Å². The van der Waals surface area contributed by atoms with Gasteiger partial charge in [0.15, 0.2) is 11.5 Å². The van der Waals surface area contributed by atoms with Crippen LogP contribution in [0.15, 0.2) is 49.1 Å². The minimum Gasteiger partial charge on any atom is -0.341 e. The zero-order valence-electron chi connectivity index (χ0n) is 15.5. The van der Waals surface area contributed by atoms with E-state index in [1.165, 1.54) is 24.8 Å². The molecule has 0 atom stereocenters. The summed E-state index contributed by atoms with van der Waals surface area (Å²) in [7, 11) is 0. The summed E-state index contributed by atoms with van der Waals surface area (Å²) in [6.45, 7) is 2.71. The molecule has 0 aliphatic carbocycles. The summed E-state index contributed by atoms with van der Waals surface area (Å²) in [5, 5.41) is 7.85. The van der Waals surface area contributed by atoms with Crippen LogP contribution in [0.2, 0.25) is 0 Å². The van der Waals surface area contributed by atoms with Gasteiger partial charge in [0.25, 0.3) is 0 Å². The van der Waals surface area contributed by atoms with Gasteiger partial charge in [0.1, 0.15) is 5.52 Å². The zero-order valence-corrected chi connectivity index (χ0v) is 15.5. The smallest absolute Gasteiger partial charge is 0.229 e. The number of anilines is 3. The monoisotopic (exact) mass is 374 g/mol. The van der Waals surface area contributed by atoms with Crippen LogP contribution >= 0.6 is 0 Å². The molecule has 1 saturated heterocycles. The maximum Gasteiger partial charge on any atom is 0.229 e. The quantitative estimate of drug-likeness (QED) is 0.557. The molecule has 5 rings (SSSR count). The maximum absolute atomic E-state index is 4.78. The molecule has 8 heteroatoms. The van der Waals surface area contributed by atoms with Gasteiger partial charge in [-0.1, -0.05) is 30.3 Å². The van der Waals surface area contributed by atoms with Crippen LogP contribution in [0.4, 0.5) is 17.5 Å². The lowest BCUT2D eigenvalue weighted by molar-refractivity contribution is 0.569. The van der Waals surface area contributed by atoms with Crippen molar-refractivity contribution in [3.05, 3.63) is 54.6 Å². The van der Waals surface area contributed by atoms with E-state index in [4.69, 9.17) is 4.98 Å². The van der Waals surface area contributed by atoms with Crippen LogP contribution in [0, 0.1) is 0 Å². The van der Waals surface area contributed by atoms with Crippen LogP contribution in [-0.2, 0) is 6.54 Å². The number of aromatic nitrogens is 6. The van der Waals surface area contributed by atoms with E-state index in [9.17, 15) is 0 Å². The second-order valence-electron chi connectivity index (χ2n) is 7.06. The Morgan fingerprint density at radius 1 is 1.04 bits per heavy atom. The van der Waals surface area contributed by atoms with E-state index in [-0.39, 0.29) is 0 Å². The van der Waals surface area contributed by atoms with Crippen molar-refractivity contribution in [2.75, 3.05) is 23.3 Å². The highest BCUT2D eigenvalue weighted by atomic mass is 15.3. The van der Waals surface area contributed by atoms with Crippen LogP contribution in [0.25, 0.3) is 11.2 Å². The summed E-state index contributed by atoms with van der Waals surface area (Å²) in [6, 6.07) is 10.3. The number of rotatable bonds is 5. The summed E-state index contributed by atoms with van der Waals surface area (Å²) in [6.07, 6.45) is 9.08. The Balaban J connectivity index is 1.41. The first kappa shape index (κ1) is 16.7. The Kier molecular flexibility index (Phi) is 4.36. The number of nitrogens with zero attached hydrogens (tertiary/aromatic N) is 6. The molecule has 0 unspecified atom stereocenters. The third kappa shape index (κ3) is 3.40. The minimum atomic E-state index is 0.676. The minimum absolute atomic E-state index is 0.676. The molecule has 1 aliphatic heterocycles. The lowest BCUT2D eigenvalue weighted by Gasteiger charge is -2.26. The molecule has 4 aromatic rings. The molecule has 8 nitrogen and oxygen atoms in total. The van der Waals surface area contributed by atoms with Gasteiger partial charge in [-0.3, -0.25) is 4.68 Å². The molecular weight excluding hydrogens is 352 g/mol.